The molecule has 0 bridgehead atoms. The van der Waals surface area contributed by atoms with Gasteiger partial charge in [0.15, 0.2) is 0 Å². The van der Waals surface area contributed by atoms with E-state index in [4.69, 9.17) is 0 Å². The fraction of sp³-hybridized carbons (Fsp3) is 0.438. The first kappa shape index (κ1) is 13.3. The monoisotopic (exact) mass is 270 g/mol. The Hall–Kier alpha value is -1.65. The van der Waals surface area contributed by atoms with E-state index in [1.54, 1.807) is 0 Å². The molecular weight excluding hydrogens is 248 g/mol. The molecular formula is C16H22N4. The van der Waals surface area contributed by atoms with Crippen LogP contribution in [-0.2, 0) is 6.54 Å². The van der Waals surface area contributed by atoms with E-state index >= 15 is 0 Å². The van der Waals surface area contributed by atoms with Gasteiger partial charge in [-0.15, -0.1) is 0 Å². The number of aryl methyl sites for hydroxylation is 1. The van der Waals surface area contributed by atoms with Crippen molar-refractivity contribution in [2.45, 2.75) is 32.7 Å². The molecule has 1 N–H and O–H groups in total. The molecule has 4 heteroatoms. The normalized spacial score (nSPS) is 16.4. The van der Waals surface area contributed by atoms with Crippen molar-refractivity contribution in [3.63, 3.8) is 0 Å². The summed E-state index contributed by atoms with van der Waals surface area (Å²) >= 11 is 0. The lowest BCUT2D eigenvalue weighted by Gasteiger charge is -2.27. The number of imidazole rings is 1. The summed E-state index contributed by atoms with van der Waals surface area (Å²) in [5.74, 6) is 1.03. The smallest absolute Gasteiger partial charge is 0.110 e. The van der Waals surface area contributed by atoms with E-state index in [9.17, 15) is 0 Å². The first-order valence-corrected chi connectivity index (χ1v) is 7.42. The van der Waals surface area contributed by atoms with Gasteiger partial charge in [-0.05, 0) is 31.9 Å². The highest BCUT2D eigenvalue weighted by molar-refractivity contribution is 5.35. The molecule has 0 saturated carbocycles. The third-order valence-corrected chi connectivity index (χ3v) is 3.87. The summed E-state index contributed by atoms with van der Waals surface area (Å²) in [6.45, 7) is 5.18. The largest absolute Gasteiger partial charge is 0.300 e. The van der Waals surface area contributed by atoms with E-state index in [0.29, 0.717) is 0 Å². The predicted molar refractivity (Wildman–Crippen MR) is 80.6 cm³/mol. The van der Waals surface area contributed by atoms with Crippen LogP contribution in [0.3, 0.4) is 0 Å². The molecule has 2 heterocycles. The van der Waals surface area contributed by atoms with Crippen molar-refractivity contribution in [1.82, 2.24) is 20.0 Å². The molecule has 0 spiro atoms. The number of hydrogen-bond acceptors (Lipinski definition) is 3. The van der Waals surface area contributed by atoms with Crippen molar-refractivity contribution < 1.29 is 0 Å². The van der Waals surface area contributed by atoms with Crippen molar-refractivity contribution in [2.75, 3.05) is 13.1 Å². The number of nitrogens with one attached hydrogen (secondary N) is 1. The molecule has 1 saturated heterocycles. The Bertz CT molecular complexity index is 541. The fourth-order valence-corrected chi connectivity index (χ4v) is 2.79. The second kappa shape index (κ2) is 6.20. The standard InChI is InChI=1S/C16H22N4/c1-14-17-12-16(13-18-19-10-6-3-7-11-19)20(14)15-8-4-2-5-9-15/h2,4-5,8-9,12,18H,3,6-7,10-11,13H2,1H3. The SMILES string of the molecule is Cc1ncc(CNN2CCCCC2)n1-c1ccccc1. The van der Waals surface area contributed by atoms with Crippen LogP contribution in [0.15, 0.2) is 36.5 Å². The predicted octanol–water partition coefficient (Wildman–Crippen LogP) is 2.67. The Morgan fingerprint density at radius 3 is 2.60 bits per heavy atom. The quantitative estimate of drug-likeness (QED) is 0.927. The van der Waals surface area contributed by atoms with Gasteiger partial charge in [-0.3, -0.25) is 4.57 Å². The van der Waals surface area contributed by atoms with Crippen molar-refractivity contribution in [3.8, 4) is 5.69 Å². The van der Waals surface area contributed by atoms with Gasteiger partial charge >= 0.3 is 0 Å². The van der Waals surface area contributed by atoms with Gasteiger partial charge in [0.25, 0.3) is 0 Å². The highest BCUT2D eigenvalue weighted by atomic mass is 15.5. The molecule has 3 rings (SSSR count). The number of hydrazine groups is 1. The van der Waals surface area contributed by atoms with Crippen LogP contribution in [0.4, 0.5) is 0 Å². The van der Waals surface area contributed by atoms with Crippen LogP contribution in [0.5, 0.6) is 0 Å². The van der Waals surface area contributed by atoms with Crippen LogP contribution in [0, 0.1) is 6.92 Å². The Kier molecular flexibility index (Phi) is 4.14. The third kappa shape index (κ3) is 2.92. The molecule has 0 amide bonds. The number of piperidine rings is 1. The molecule has 0 atom stereocenters. The topological polar surface area (TPSA) is 33.1 Å². The lowest BCUT2D eigenvalue weighted by atomic mass is 10.2. The van der Waals surface area contributed by atoms with Crippen LogP contribution in [0.25, 0.3) is 5.69 Å². The summed E-state index contributed by atoms with van der Waals surface area (Å²) in [6, 6.07) is 10.4. The summed E-state index contributed by atoms with van der Waals surface area (Å²) < 4.78 is 2.22. The highest BCUT2D eigenvalue weighted by Crippen LogP contribution is 2.15. The summed E-state index contributed by atoms with van der Waals surface area (Å²) in [5, 5.41) is 2.33. The van der Waals surface area contributed by atoms with E-state index in [0.717, 1.165) is 25.5 Å². The van der Waals surface area contributed by atoms with Crippen LogP contribution < -0.4 is 5.43 Å². The number of para-hydroxylation sites is 1. The minimum absolute atomic E-state index is 0.829. The highest BCUT2D eigenvalue weighted by Gasteiger charge is 2.12. The fourth-order valence-electron chi connectivity index (χ4n) is 2.79. The number of nitrogens with zero attached hydrogens (tertiary/aromatic N) is 3. The molecule has 0 aliphatic carbocycles. The van der Waals surface area contributed by atoms with Gasteiger partial charge in [0.1, 0.15) is 5.82 Å². The second-order valence-corrected chi connectivity index (χ2v) is 5.35. The Morgan fingerprint density at radius 2 is 1.85 bits per heavy atom. The maximum Gasteiger partial charge on any atom is 0.110 e. The average Bonchev–Trinajstić information content (AvgIpc) is 2.88. The zero-order chi connectivity index (χ0) is 13.8. The zero-order valence-corrected chi connectivity index (χ0v) is 12.0. The minimum Gasteiger partial charge on any atom is -0.300 e. The van der Waals surface area contributed by atoms with Crippen molar-refractivity contribution >= 4 is 0 Å². The number of aromatic nitrogens is 2. The molecule has 2 aromatic rings. The van der Waals surface area contributed by atoms with E-state index in [1.165, 1.54) is 30.6 Å². The number of benzene rings is 1. The molecule has 1 aliphatic heterocycles. The number of hydrogen-bond donors (Lipinski definition) is 1. The summed E-state index contributed by atoms with van der Waals surface area (Å²) in [6.07, 6.45) is 5.92. The minimum atomic E-state index is 0.829. The van der Waals surface area contributed by atoms with E-state index in [1.807, 2.05) is 12.3 Å². The third-order valence-electron chi connectivity index (χ3n) is 3.87. The molecule has 1 aliphatic rings. The van der Waals surface area contributed by atoms with Gasteiger partial charge in [0.2, 0.25) is 0 Å². The molecule has 0 unspecified atom stereocenters. The van der Waals surface area contributed by atoms with Gasteiger partial charge in [0.05, 0.1) is 18.4 Å². The Morgan fingerprint density at radius 1 is 1.10 bits per heavy atom. The van der Waals surface area contributed by atoms with Crippen LogP contribution >= 0.6 is 0 Å². The van der Waals surface area contributed by atoms with Crippen LogP contribution in [-0.4, -0.2) is 27.6 Å². The molecule has 4 nitrogen and oxygen atoms in total. The van der Waals surface area contributed by atoms with E-state index < -0.39 is 0 Å². The van der Waals surface area contributed by atoms with Crippen LogP contribution in [0.2, 0.25) is 0 Å². The first-order chi connectivity index (χ1) is 9.84. The maximum atomic E-state index is 4.46. The van der Waals surface area contributed by atoms with E-state index in [2.05, 4.69) is 51.2 Å². The van der Waals surface area contributed by atoms with Gasteiger partial charge in [0, 0.05) is 18.8 Å². The van der Waals surface area contributed by atoms with E-state index in [-0.39, 0.29) is 0 Å². The number of rotatable bonds is 4. The second-order valence-electron chi connectivity index (χ2n) is 5.35. The lowest BCUT2D eigenvalue weighted by Crippen LogP contribution is -2.41. The molecule has 1 aromatic carbocycles. The van der Waals surface area contributed by atoms with Crippen molar-refractivity contribution in [2.24, 2.45) is 0 Å². The first-order valence-electron chi connectivity index (χ1n) is 7.42. The molecule has 0 radical (unpaired) electrons. The van der Waals surface area contributed by atoms with Gasteiger partial charge in [-0.25, -0.2) is 15.4 Å². The summed E-state index contributed by atoms with van der Waals surface area (Å²) in [5.41, 5.74) is 5.92. The van der Waals surface area contributed by atoms with Crippen molar-refractivity contribution in [3.05, 3.63) is 48.0 Å². The molecule has 1 fully saturated rings. The van der Waals surface area contributed by atoms with Gasteiger partial charge in [-0.1, -0.05) is 24.6 Å². The average molecular weight is 270 g/mol. The Balaban J connectivity index is 1.74. The maximum absolute atomic E-state index is 4.46. The summed E-state index contributed by atoms with van der Waals surface area (Å²) in [4.78, 5) is 4.46. The lowest BCUT2D eigenvalue weighted by molar-refractivity contribution is 0.150. The van der Waals surface area contributed by atoms with Crippen LogP contribution in [0.1, 0.15) is 30.8 Å². The molecule has 106 valence electrons. The van der Waals surface area contributed by atoms with Gasteiger partial charge in [-0.2, -0.15) is 0 Å². The Labute approximate surface area is 120 Å². The van der Waals surface area contributed by atoms with Gasteiger partial charge < -0.3 is 0 Å². The molecule has 1 aromatic heterocycles. The zero-order valence-electron chi connectivity index (χ0n) is 12.0. The molecule has 20 heavy (non-hydrogen) atoms. The van der Waals surface area contributed by atoms with Crippen molar-refractivity contribution in [1.29, 1.82) is 0 Å². The summed E-state index contributed by atoms with van der Waals surface area (Å²) in [7, 11) is 0.